The van der Waals surface area contributed by atoms with Crippen molar-refractivity contribution in [3.8, 4) is 0 Å². The van der Waals surface area contributed by atoms with E-state index in [-0.39, 0.29) is 0 Å². The van der Waals surface area contributed by atoms with Crippen LogP contribution in [0.2, 0.25) is 0 Å². The summed E-state index contributed by atoms with van der Waals surface area (Å²) in [6, 6.07) is 0. The standard InChI is InChI=1S/C24H42/c1-3-5-6-11-21-16-18-22(19-17-21)12-7-8-13-24-15-9-14-23(20-24)10-4-2/h3-5,10,21-24H,6-9,11-20H2,1-2H3/b5-3+,10-4?. The van der Waals surface area contributed by atoms with E-state index in [2.05, 4.69) is 38.2 Å². The van der Waals surface area contributed by atoms with E-state index in [4.69, 9.17) is 0 Å². The Hall–Kier alpha value is -0.520. The van der Waals surface area contributed by atoms with Crippen LogP contribution in [0, 0.1) is 23.7 Å². The minimum absolute atomic E-state index is 0.895. The fourth-order valence-electron chi connectivity index (χ4n) is 5.22. The third kappa shape index (κ3) is 7.58. The normalized spacial score (nSPS) is 31.9. The molecule has 2 fully saturated rings. The molecule has 0 N–H and O–H groups in total. The van der Waals surface area contributed by atoms with Gasteiger partial charge in [0.1, 0.15) is 0 Å². The number of hydrogen-bond donors (Lipinski definition) is 0. The molecule has 0 saturated heterocycles. The SMILES string of the molecule is CC=CC1CCCC(CCCCC2CCC(CC/C=C/C)CC2)C1. The third-order valence-electron chi connectivity index (χ3n) is 6.71. The van der Waals surface area contributed by atoms with E-state index in [1.54, 1.807) is 0 Å². The summed E-state index contributed by atoms with van der Waals surface area (Å²) in [6.45, 7) is 4.32. The molecule has 0 aromatic rings. The average Bonchev–Trinajstić information content (AvgIpc) is 2.61. The van der Waals surface area contributed by atoms with Crippen molar-refractivity contribution in [3.63, 3.8) is 0 Å². The van der Waals surface area contributed by atoms with Crippen LogP contribution in [0.1, 0.15) is 104 Å². The molecule has 0 bridgehead atoms. The minimum atomic E-state index is 0.895. The predicted octanol–water partition coefficient (Wildman–Crippen LogP) is 8.09. The van der Waals surface area contributed by atoms with Crippen molar-refractivity contribution in [3.05, 3.63) is 24.3 Å². The number of hydrogen-bond acceptors (Lipinski definition) is 0. The monoisotopic (exact) mass is 330 g/mol. The van der Waals surface area contributed by atoms with E-state index in [1.807, 2.05) is 0 Å². The molecule has 2 saturated carbocycles. The molecule has 2 atom stereocenters. The predicted molar refractivity (Wildman–Crippen MR) is 108 cm³/mol. The van der Waals surface area contributed by atoms with Gasteiger partial charge in [-0.2, -0.15) is 0 Å². The van der Waals surface area contributed by atoms with Crippen LogP contribution < -0.4 is 0 Å². The number of unbranched alkanes of at least 4 members (excludes halogenated alkanes) is 1. The maximum atomic E-state index is 2.46. The summed E-state index contributed by atoms with van der Waals surface area (Å²) in [6.07, 6.45) is 30.0. The third-order valence-corrected chi connectivity index (χ3v) is 6.71. The zero-order chi connectivity index (χ0) is 17.0. The molecule has 0 nitrogen and oxygen atoms in total. The zero-order valence-corrected chi connectivity index (χ0v) is 16.5. The first-order chi connectivity index (χ1) is 11.8. The second-order valence-electron chi connectivity index (χ2n) is 8.64. The maximum Gasteiger partial charge on any atom is -0.0231 e. The summed E-state index contributed by atoms with van der Waals surface area (Å²) in [5.74, 6) is 4.02. The molecule has 0 radical (unpaired) electrons. The lowest BCUT2D eigenvalue weighted by atomic mass is 9.77. The van der Waals surface area contributed by atoms with Crippen LogP contribution >= 0.6 is 0 Å². The van der Waals surface area contributed by atoms with Crippen LogP contribution in [0.25, 0.3) is 0 Å². The molecule has 2 aliphatic rings. The Kier molecular flexibility index (Phi) is 9.85. The van der Waals surface area contributed by atoms with E-state index in [1.165, 1.54) is 89.9 Å². The van der Waals surface area contributed by atoms with Gasteiger partial charge in [-0.05, 0) is 63.2 Å². The minimum Gasteiger partial charge on any atom is -0.0917 e. The lowest BCUT2D eigenvalue weighted by Gasteiger charge is -2.29. The molecule has 24 heavy (non-hydrogen) atoms. The first-order valence-corrected chi connectivity index (χ1v) is 11.1. The zero-order valence-electron chi connectivity index (χ0n) is 16.5. The summed E-state index contributed by atoms with van der Waals surface area (Å²) in [5.41, 5.74) is 0. The number of rotatable bonds is 9. The Balaban J connectivity index is 1.51. The van der Waals surface area contributed by atoms with Crippen molar-refractivity contribution in [1.29, 1.82) is 0 Å². The van der Waals surface area contributed by atoms with Crippen LogP contribution in [-0.2, 0) is 0 Å². The van der Waals surface area contributed by atoms with Crippen molar-refractivity contribution >= 4 is 0 Å². The van der Waals surface area contributed by atoms with Gasteiger partial charge in [0.2, 0.25) is 0 Å². The fourth-order valence-corrected chi connectivity index (χ4v) is 5.22. The highest BCUT2D eigenvalue weighted by Gasteiger charge is 2.22. The maximum absolute atomic E-state index is 2.46. The summed E-state index contributed by atoms with van der Waals surface area (Å²) in [7, 11) is 0. The van der Waals surface area contributed by atoms with Gasteiger partial charge in [-0.15, -0.1) is 0 Å². The molecule has 0 heterocycles. The van der Waals surface area contributed by atoms with Crippen molar-refractivity contribution in [2.45, 2.75) is 104 Å². The average molecular weight is 331 g/mol. The summed E-state index contributed by atoms with van der Waals surface area (Å²) >= 11 is 0. The highest BCUT2D eigenvalue weighted by Crippen LogP contribution is 2.36. The second kappa shape index (κ2) is 11.9. The molecule has 0 heteroatoms. The van der Waals surface area contributed by atoms with Gasteiger partial charge < -0.3 is 0 Å². The molecule has 2 unspecified atom stereocenters. The fraction of sp³-hybridized carbons (Fsp3) is 0.833. The first-order valence-electron chi connectivity index (χ1n) is 11.1. The van der Waals surface area contributed by atoms with E-state index >= 15 is 0 Å². The molecule has 0 aromatic heterocycles. The van der Waals surface area contributed by atoms with Gasteiger partial charge in [-0.3, -0.25) is 0 Å². The van der Waals surface area contributed by atoms with Crippen LogP contribution in [0.5, 0.6) is 0 Å². The van der Waals surface area contributed by atoms with Gasteiger partial charge in [-0.1, -0.05) is 88.5 Å². The van der Waals surface area contributed by atoms with Crippen LogP contribution in [0.15, 0.2) is 24.3 Å². The van der Waals surface area contributed by atoms with Gasteiger partial charge in [0, 0.05) is 0 Å². The van der Waals surface area contributed by atoms with Gasteiger partial charge in [0.05, 0.1) is 0 Å². The Morgan fingerprint density at radius 3 is 2.04 bits per heavy atom. The molecule has 0 spiro atoms. The highest BCUT2D eigenvalue weighted by atomic mass is 14.3. The van der Waals surface area contributed by atoms with E-state index < -0.39 is 0 Å². The quantitative estimate of drug-likeness (QED) is 0.296. The van der Waals surface area contributed by atoms with Gasteiger partial charge in [0.15, 0.2) is 0 Å². The van der Waals surface area contributed by atoms with Gasteiger partial charge in [-0.25, -0.2) is 0 Å². The first kappa shape index (κ1) is 19.8. The van der Waals surface area contributed by atoms with E-state index in [0.717, 1.165) is 23.7 Å². The Bertz CT molecular complexity index is 356. The highest BCUT2D eigenvalue weighted by molar-refractivity contribution is 4.89. The Morgan fingerprint density at radius 1 is 0.708 bits per heavy atom. The molecular formula is C24H42. The molecule has 2 aliphatic carbocycles. The van der Waals surface area contributed by atoms with Crippen molar-refractivity contribution in [1.82, 2.24) is 0 Å². The lowest BCUT2D eigenvalue weighted by molar-refractivity contribution is 0.242. The Labute approximate surface area is 152 Å². The molecule has 0 aromatic carbocycles. The van der Waals surface area contributed by atoms with Crippen LogP contribution in [0.3, 0.4) is 0 Å². The van der Waals surface area contributed by atoms with Gasteiger partial charge in [0.25, 0.3) is 0 Å². The summed E-state index contributed by atoms with van der Waals surface area (Å²) < 4.78 is 0. The van der Waals surface area contributed by atoms with Crippen molar-refractivity contribution < 1.29 is 0 Å². The van der Waals surface area contributed by atoms with E-state index in [0.29, 0.717) is 0 Å². The second-order valence-corrected chi connectivity index (χ2v) is 8.64. The van der Waals surface area contributed by atoms with Crippen LogP contribution in [0.4, 0.5) is 0 Å². The van der Waals surface area contributed by atoms with E-state index in [9.17, 15) is 0 Å². The molecular weight excluding hydrogens is 288 g/mol. The van der Waals surface area contributed by atoms with Crippen LogP contribution in [-0.4, -0.2) is 0 Å². The summed E-state index contributed by atoms with van der Waals surface area (Å²) in [5, 5.41) is 0. The van der Waals surface area contributed by atoms with Crippen molar-refractivity contribution in [2.75, 3.05) is 0 Å². The molecule has 2 rings (SSSR count). The largest absolute Gasteiger partial charge is 0.0917 e. The lowest BCUT2D eigenvalue weighted by Crippen LogP contribution is -2.15. The Morgan fingerprint density at radius 2 is 1.38 bits per heavy atom. The molecule has 0 aliphatic heterocycles. The topological polar surface area (TPSA) is 0 Å². The van der Waals surface area contributed by atoms with Crippen molar-refractivity contribution in [2.24, 2.45) is 23.7 Å². The smallest absolute Gasteiger partial charge is 0.0231 e. The summed E-state index contributed by atoms with van der Waals surface area (Å²) in [4.78, 5) is 0. The molecule has 0 amide bonds. The van der Waals surface area contributed by atoms with Gasteiger partial charge >= 0.3 is 0 Å². The molecule has 138 valence electrons. The number of allylic oxidation sites excluding steroid dienone is 4.